The smallest absolute Gasteiger partial charge is 0.410 e. The molecule has 1 fully saturated rings. The zero-order valence-electron chi connectivity index (χ0n) is 30.3. The van der Waals surface area contributed by atoms with Crippen LogP contribution in [-0.2, 0) is 31.3 Å². The van der Waals surface area contributed by atoms with Crippen molar-refractivity contribution < 1.29 is 14.3 Å². The lowest BCUT2D eigenvalue weighted by atomic mass is 9.94. The Morgan fingerprint density at radius 2 is 1.63 bits per heavy atom. The second-order valence-corrected chi connectivity index (χ2v) is 14.6. The molecule has 1 saturated heterocycles. The van der Waals surface area contributed by atoms with Crippen LogP contribution < -0.4 is 10.6 Å². The van der Waals surface area contributed by atoms with Crippen molar-refractivity contribution in [2.24, 2.45) is 7.05 Å². The van der Waals surface area contributed by atoms with Crippen molar-refractivity contribution in [3.63, 3.8) is 0 Å². The van der Waals surface area contributed by atoms with E-state index in [4.69, 9.17) is 9.72 Å². The van der Waals surface area contributed by atoms with Crippen molar-refractivity contribution in [2.45, 2.75) is 72.6 Å². The molecule has 2 aliphatic rings. The first-order valence-corrected chi connectivity index (χ1v) is 17.7. The van der Waals surface area contributed by atoms with Crippen LogP contribution in [0.5, 0.6) is 0 Å². The van der Waals surface area contributed by atoms with Gasteiger partial charge in [0.1, 0.15) is 11.1 Å². The number of ether oxygens (including phenoxy) is 1. The minimum Gasteiger partial charge on any atom is -0.444 e. The quantitative estimate of drug-likeness (QED) is 0.181. The molecule has 0 saturated carbocycles. The largest absolute Gasteiger partial charge is 0.444 e. The Morgan fingerprint density at radius 3 is 2.35 bits per heavy atom. The fourth-order valence-electron chi connectivity index (χ4n) is 7.13. The normalized spacial score (nSPS) is 14.8. The summed E-state index contributed by atoms with van der Waals surface area (Å²) in [6, 6.07) is 16.3. The second kappa shape index (κ2) is 13.8. The van der Waals surface area contributed by atoms with E-state index in [0.717, 1.165) is 64.2 Å². The summed E-state index contributed by atoms with van der Waals surface area (Å²) in [5, 5.41) is 7.73. The fraction of sp³-hybridized carbons (Fsp3) is 0.375. The molecule has 0 bridgehead atoms. The van der Waals surface area contributed by atoms with Crippen LogP contribution in [0.25, 0.3) is 22.0 Å². The highest BCUT2D eigenvalue weighted by atomic mass is 16.6. The lowest BCUT2D eigenvalue weighted by Gasteiger charge is -2.29. The number of amides is 2. The number of hydrogen-bond acceptors (Lipinski definition) is 8. The van der Waals surface area contributed by atoms with Gasteiger partial charge in [-0.25, -0.2) is 14.8 Å². The summed E-state index contributed by atoms with van der Waals surface area (Å²) in [4.78, 5) is 44.7. The molecule has 2 amide bonds. The van der Waals surface area contributed by atoms with Crippen molar-refractivity contribution in [3.8, 4) is 11.1 Å². The molecule has 0 aliphatic carbocycles. The number of carbonyl (C=O) groups excluding carboxylic acids is 2. The summed E-state index contributed by atoms with van der Waals surface area (Å²) in [6.07, 6.45) is 6.55. The Labute approximate surface area is 299 Å². The molecule has 0 unspecified atom stereocenters. The summed E-state index contributed by atoms with van der Waals surface area (Å²) in [6.45, 7) is 13.7. The number of likely N-dealkylation sites (tertiary alicyclic amines) is 1. The molecule has 264 valence electrons. The Balaban J connectivity index is 1.09. The van der Waals surface area contributed by atoms with Gasteiger partial charge >= 0.3 is 6.09 Å². The average Bonchev–Trinajstić information content (AvgIpc) is 3.73. The maximum Gasteiger partial charge on any atom is 0.410 e. The van der Waals surface area contributed by atoms with E-state index in [9.17, 15) is 9.59 Å². The molecule has 11 nitrogen and oxygen atoms in total. The Kier molecular flexibility index (Phi) is 9.24. The van der Waals surface area contributed by atoms with E-state index in [1.165, 1.54) is 18.4 Å². The first-order valence-electron chi connectivity index (χ1n) is 17.7. The fourth-order valence-corrected chi connectivity index (χ4v) is 7.13. The van der Waals surface area contributed by atoms with Gasteiger partial charge in [-0.1, -0.05) is 24.3 Å². The molecule has 11 heteroatoms. The van der Waals surface area contributed by atoms with Gasteiger partial charge in [0.2, 0.25) is 0 Å². The number of fused-ring (bicyclic) bond motifs is 2. The van der Waals surface area contributed by atoms with Crippen LogP contribution in [-0.4, -0.2) is 66.6 Å². The van der Waals surface area contributed by atoms with Gasteiger partial charge in [0.05, 0.1) is 12.2 Å². The first kappa shape index (κ1) is 34.2. The van der Waals surface area contributed by atoms with Crippen LogP contribution in [0.1, 0.15) is 72.3 Å². The number of aromatic nitrogens is 4. The zero-order valence-corrected chi connectivity index (χ0v) is 30.3. The number of nitrogens with one attached hydrogen (secondary N) is 2. The van der Waals surface area contributed by atoms with E-state index in [2.05, 4.69) is 56.7 Å². The highest BCUT2D eigenvalue weighted by Gasteiger charge is 2.30. The summed E-state index contributed by atoms with van der Waals surface area (Å²) in [5.74, 6) is 0.712. The predicted octanol–water partition coefficient (Wildman–Crippen LogP) is 7.53. The average molecular weight is 687 g/mol. The van der Waals surface area contributed by atoms with Gasteiger partial charge in [-0.15, -0.1) is 0 Å². The lowest BCUT2D eigenvalue weighted by Crippen LogP contribution is -2.40. The number of rotatable bonds is 7. The maximum absolute atomic E-state index is 13.7. The summed E-state index contributed by atoms with van der Waals surface area (Å²) >= 11 is 0. The minimum absolute atomic E-state index is 0.299. The summed E-state index contributed by atoms with van der Waals surface area (Å²) < 4.78 is 7.40. The number of nitrogens with zero attached hydrogens (tertiary/aromatic N) is 6. The van der Waals surface area contributed by atoms with Gasteiger partial charge in [0.15, 0.2) is 11.6 Å². The zero-order chi connectivity index (χ0) is 35.9. The molecule has 2 N–H and O–H groups in total. The SMILES string of the molecule is Cc1c(NC(=O)c2nc3c(n2C)CCN(C(=O)OC(C)(C)C)C3)cccc1-c1cccc(Nc2nccc3cc(CN4CCCC4)cnc23)c1C. The monoisotopic (exact) mass is 686 g/mol. The van der Waals surface area contributed by atoms with Crippen molar-refractivity contribution in [3.05, 3.63) is 94.8 Å². The molecular formula is C40H46N8O3. The summed E-state index contributed by atoms with van der Waals surface area (Å²) in [7, 11) is 1.85. The van der Waals surface area contributed by atoms with Gasteiger partial charge < -0.3 is 24.8 Å². The van der Waals surface area contributed by atoms with Gasteiger partial charge in [-0.2, -0.15) is 0 Å². The number of pyridine rings is 2. The summed E-state index contributed by atoms with van der Waals surface area (Å²) in [5.41, 5.74) is 8.82. The van der Waals surface area contributed by atoms with E-state index in [-0.39, 0.29) is 12.0 Å². The highest BCUT2D eigenvalue weighted by molar-refractivity contribution is 6.03. The van der Waals surface area contributed by atoms with Gasteiger partial charge in [-0.3, -0.25) is 14.7 Å². The van der Waals surface area contributed by atoms with Gasteiger partial charge in [0.25, 0.3) is 5.91 Å². The Hall–Kier alpha value is -5.29. The molecule has 5 aromatic rings. The van der Waals surface area contributed by atoms with E-state index in [1.807, 2.05) is 76.0 Å². The van der Waals surface area contributed by atoms with Gasteiger partial charge in [-0.05, 0) is 113 Å². The maximum atomic E-state index is 13.7. The molecule has 3 aromatic heterocycles. The number of anilines is 3. The molecule has 0 atom stereocenters. The number of imidazole rings is 1. The van der Waals surface area contributed by atoms with Gasteiger partial charge in [0, 0.05) is 61.4 Å². The standard InChI is InChI=1S/C40H46N8O3/c1-25-29(11-9-13-31(25)43-36-35-28(15-17-41-36)21-27(22-42-35)23-47-18-7-8-19-47)30-12-10-14-32(26(30)2)45-38(49)37-44-33-24-48(20-16-34(33)46(37)6)39(50)51-40(3,4)5/h9-15,17,21-22H,7-8,16,18-20,23-24H2,1-6H3,(H,41,43)(H,45,49). The van der Waals surface area contributed by atoms with Crippen molar-refractivity contribution in [2.75, 3.05) is 30.3 Å². The molecule has 0 spiro atoms. The number of benzene rings is 2. The Bertz CT molecular complexity index is 2130. The van der Waals surface area contributed by atoms with E-state index < -0.39 is 5.60 Å². The molecule has 2 aromatic carbocycles. The predicted molar refractivity (Wildman–Crippen MR) is 200 cm³/mol. The third-order valence-corrected chi connectivity index (χ3v) is 9.83. The molecular weight excluding hydrogens is 640 g/mol. The van der Waals surface area contributed by atoms with Crippen molar-refractivity contribution in [1.82, 2.24) is 29.3 Å². The van der Waals surface area contributed by atoms with Crippen LogP contribution in [0.2, 0.25) is 0 Å². The van der Waals surface area contributed by atoms with E-state index in [0.29, 0.717) is 42.5 Å². The van der Waals surface area contributed by atoms with Crippen LogP contribution in [0, 0.1) is 13.8 Å². The number of hydrogen-bond donors (Lipinski definition) is 2. The van der Waals surface area contributed by atoms with Crippen LogP contribution in [0.15, 0.2) is 60.9 Å². The third-order valence-electron chi connectivity index (χ3n) is 9.83. The second-order valence-electron chi connectivity index (χ2n) is 14.6. The van der Waals surface area contributed by atoms with Crippen molar-refractivity contribution in [1.29, 1.82) is 0 Å². The van der Waals surface area contributed by atoms with Crippen LogP contribution in [0.4, 0.5) is 22.0 Å². The topological polar surface area (TPSA) is 118 Å². The van der Waals surface area contributed by atoms with Crippen molar-refractivity contribution >= 4 is 40.1 Å². The van der Waals surface area contributed by atoms with Crippen LogP contribution in [0.3, 0.4) is 0 Å². The van der Waals surface area contributed by atoms with E-state index >= 15 is 0 Å². The number of carbonyl (C=O) groups is 2. The van der Waals surface area contributed by atoms with Crippen LogP contribution >= 0.6 is 0 Å². The third kappa shape index (κ3) is 7.16. The molecule has 5 heterocycles. The van der Waals surface area contributed by atoms with E-state index in [1.54, 1.807) is 4.90 Å². The molecule has 7 rings (SSSR count). The molecule has 0 radical (unpaired) electrons. The highest BCUT2D eigenvalue weighted by Crippen LogP contribution is 2.35. The minimum atomic E-state index is -0.585. The Morgan fingerprint density at radius 1 is 0.922 bits per heavy atom. The molecule has 51 heavy (non-hydrogen) atoms. The molecule has 2 aliphatic heterocycles. The first-order chi connectivity index (χ1) is 24.4. The lowest BCUT2D eigenvalue weighted by molar-refractivity contribution is 0.0220.